The molecule has 0 saturated carbocycles. The molecule has 0 aliphatic carbocycles. The fraction of sp³-hybridized carbons (Fsp3) is 0.381. The molecule has 0 aliphatic rings. The van der Waals surface area contributed by atoms with Crippen LogP contribution in [0, 0.1) is 0 Å². The predicted octanol–water partition coefficient (Wildman–Crippen LogP) is 5.16. The van der Waals surface area contributed by atoms with Crippen LogP contribution in [-0.4, -0.2) is 19.6 Å². The van der Waals surface area contributed by atoms with Crippen molar-refractivity contribution in [1.29, 1.82) is 0 Å². The number of hydrogen-bond acceptors (Lipinski definition) is 4. The Morgan fingerprint density at radius 3 is 2.62 bits per heavy atom. The van der Waals surface area contributed by atoms with Crippen molar-refractivity contribution in [2.45, 2.75) is 51.9 Å². The van der Waals surface area contributed by atoms with Crippen molar-refractivity contribution in [3.63, 3.8) is 0 Å². The number of fused-ring (bicyclic) bond motifs is 2. The molecule has 4 aromatic rings. The predicted molar refractivity (Wildman–Crippen MR) is 108 cm³/mol. The summed E-state index contributed by atoms with van der Waals surface area (Å²) in [7, 11) is 0. The maximum atomic E-state index is 4.89. The molecule has 0 unspecified atom stereocenters. The van der Waals surface area contributed by atoms with Gasteiger partial charge in [0.05, 0.1) is 27.6 Å². The van der Waals surface area contributed by atoms with E-state index >= 15 is 0 Å². The average Bonchev–Trinajstić information content (AvgIpc) is 3.17. The summed E-state index contributed by atoms with van der Waals surface area (Å²) in [6, 6.07) is 8.64. The summed E-state index contributed by atoms with van der Waals surface area (Å²) in [4.78, 5) is 10.9. The maximum absolute atomic E-state index is 4.89. The van der Waals surface area contributed by atoms with Crippen LogP contribution >= 0.6 is 11.3 Å². The normalized spacial score (nSPS) is 13.0. The molecule has 0 saturated heterocycles. The molecule has 4 rings (SSSR count). The SMILES string of the molecule is CC(C)(C)c1ccc2sc(CC(C)(C)c3nccn4nccc34)cc2n1. The van der Waals surface area contributed by atoms with Crippen molar-refractivity contribution in [1.82, 2.24) is 19.6 Å². The van der Waals surface area contributed by atoms with Gasteiger partial charge in [-0.1, -0.05) is 34.6 Å². The molecule has 4 heterocycles. The van der Waals surface area contributed by atoms with E-state index in [1.165, 1.54) is 9.58 Å². The van der Waals surface area contributed by atoms with Crippen LogP contribution in [0.2, 0.25) is 0 Å². The highest BCUT2D eigenvalue weighted by atomic mass is 32.1. The zero-order valence-corrected chi connectivity index (χ0v) is 16.8. The molecule has 0 N–H and O–H groups in total. The van der Waals surface area contributed by atoms with Gasteiger partial charge in [0.25, 0.3) is 0 Å². The molecule has 0 aromatic carbocycles. The van der Waals surface area contributed by atoms with Gasteiger partial charge in [-0.25, -0.2) is 4.52 Å². The lowest BCUT2D eigenvalue weighted by atomic mass is 9.84. The Labute approximate surface area is 157 Å². The summed E-state index contributed by atoms with van der Waals surface area (Å²) in [6.45, 7) is 11.1. The lowest BCUT2D eigenvalue weighted by Crippen LogP contribution is -2.22. The zero-order valence-electron chi connectivity index (χ0n) is 15.9. The van der Waals surface area contributed by atoms with Crippen LogP contribution in [0.4, 0.5) is 0 Å². The molecule has 134 valence electrons. The molecule has 0 fully saturated rings. The van der Waals surface area contributed by atoms with Crippen LogP contribution in [0.3, 0.4) is 0 Å². The molecule has 0 spiro atoms. The van der Waals surface area contributed by atoms with Crippen molar-refractivity contribution in [2.75, 3.05) is 0 Å². The third-order valence-electron chi connectivity index (χ3n) is 4.77. The van der Waals surface area contributed by atoms with Gasteiger partial charge < -0.3 is 0 Å². The van der Waals surface area contributed by atoms with Crippen molar-refractivity contribution in [3.05, 3.63) is 59.1 Å². The highest BCUT2D eigenvalue weighted by Crippen LogP contribution is 2.34. The molecular formula is C21H24N4S. The quantitative estimate of drug-likeness (QED) is 0.504. The third-order valence-corrected chi connectivity index (χ3v) is 5.86. The van der Waals surface area contributed by atoms with E-state index < -0.39 is 0 Å². The first kappa shape index (κ1) is 17.2. The molecule has 0 atom stereocenters. The second-order valence-electron chi connectivity index (χ2n) is 8.54. The fourth-order valence-corrected chi connectivity index (χ4v) is 4.61. The van der Waals surface area contributed by atoms with Gasteiger partial charge >= 0.3 is 0 Å². The van der Waals surface area contributed by atoms with Crippen molar-refractivity contribution >= 4 is 27.1 Å². The van der Waals surface area contributed by atoms with Gasteiger partial charge in [0.1, 0.15) is 0 Å². The molecular weight excluding hydrogens is 340 g/mol. The van der Waals surface area contributed by atoms with Gasteiger partial charge in [0, 0.05) is 33.8 Å². The maximum Gasteiger partial charge on any atom is 0.0882 e. The molecule has 5 heteroatoms. The summed E-state index contributed by atoms with van der Waals surface area (Å²) in [5, 5.41) is 4.34. The van der Waals surface area contributed by atoms with E-state index in [0.717, 1.165) is 28.8 Å². The topological polar surface area (TPSA) is 43.1 Å². The minimum absolute atomic E-state index is 0.0666. The highest BCUT2D eigenvalue weighted by Gasteiger charge is 2.27. The Kier molecular flexibility index (Phi) is 3.88. The van der Waals surface area contributed by atoms with E-state index in [-0.39, 0.29) is 10.8 Å². The summed E-state index contributed by atoms with van der Waals surface area (Å²) < 4.78 is 3.14. The Bertz CT molecular complexity index is 1080. The van der Waals surface area contributed by atoms with E-state index in [9.17, 15) is 0 Å². The molecule has 26 heavy (non-hydrogen) atoms. The molecule has 0 amide bonds. The Morgan fingerprint density at radius 2 is 1.85 bits per heavy atom. The average molecular weight is 365 g/mol. The van der Waals surface area contributed by atoms with E-state index in [2.05, 4.69) is 62.9 Å². The largest absolute Gasteiger partial charge is 0.257 e. The van der Waals surface area contributed by atoms with Crippen LogP contribution in [0.5, 0.6) is 0 Å². The van der Waals surface area contributed by atoms with Gasteiger partial charge in [0.15, 0.2) is 0 Å². The molecule has 0 radical (unpaired) electrons. The van der Waals surface area contributed by atoms with E-state index in [1.807, 2.05) is 40.5 Å². The van der Waals surface area contributed by atoms with Gasteiger partial charge in [0.2, 0.25) is 0 Å². The summed E-state index contributed by atoms with van der Waals surface area (Å²) in [5.41, 5.74) is 4.38. The molecule has 4 nitrogen and oxygen atoms in total. The minimum Gasteiger partial charge on any atom is -0.257 e. The van der Waals surface area contributed by atoms with Crippen LogP contribution in [0.15, 0.2) is 42.9 Å². The number of rotatable bonds is 3. The van der Waals surface area contributed by atoms with Crippen LogP contribution < -0.4 is 0 Å². The molecule has 4 aromatic heterocycles. The van der Waals surface area contributed by atoms with Gasteiger partial charge in [-0.05, 0) is 30.7 Å². The van der Waals surface area contributed by atoms with Crippen LogP contribution in [0.25, 0.3) is 15.7 Å². The first-order chi connectivity index (χ1) is 12.2. The zero-order chi connectivity index (χ0) is 18.5. The number of nitrogens with zero attached hydrogens (tertiary/aromatic N) is 4. The third kappa shape index (κ3) is 3.01. The van der Waals surface area contributed by atoms with Crippen molar-refractivity contribution in [3.8, 4) is 0 Å². The highest BCUT2D eigenvalue weighted by molar-refractivity contribution is 7.19. The second-order valence-corrected chi connectivity index (χ2v) is 9.71. The first-order valence-electron chi connectivity index (χ1n) is 8.93. The molecule has 0 bridgehead atoms. The second kappa shape index (κ2) is 5.88. The van der Waals surface area contributed by atoms with Crippen molar-refractivity contribution in [2.24, 2.45) is 0 Å². The lowest BCUT2D eigenvalue weighted by Gasteiger charge is -2.24. The van der Waals surface area contributed by atoms with Gasteiger partial charge in [-0.2, -0.15) is 5.10 Å². The summed E-state index contributed by atoms with van der Waals surface area (Å²) in [5.74, 6) is 0. The van der Waals surface area contributed by atoms with E-state index in [4.69, 9.17) is 4.98 Å². The van der Waals surface area contributed by atoms with Crippen LogP contribution in [0.1, 0.15) is 50.9 Å². The number of aromatic nitrogens is 4. The number of thiophene rings is 1. The van der Waals surface area contributed by atoms with Crippen molar-refractivity contribution < 1.29 is 0 Å². The summed E-state index contributed by atoms with van der Waals surface area (Å²) >= 11 is 1.83. The van der Waals surface area contributed by atoms with Gasteiger partial charge in [-0.3, -0.25) is 9.97 Å². The Morgan fingerprint density at radius 1 is 1.04 bits per heavy atom. The Balaban J connectivity index is 1.71. The summed E-state index contributed by atoms with van der Waals surface area (Å²) in [6.07, 6.45) is 6.48. The van der Waals surface area contributed by atoms with E-state index in [1.54, 1.807) is 0 Å². The number of pyridine rings is 1. The molecule has 0 aliphatic heterocycles. The Hall–Kier alpha value is -2.27. The minimum atomic E-state index is -0.0870. The first-order valence-corrected chi connectivity index (χ1v) is 9.74. The lowest BCUT2D eigenvalue weighted by molar-refractivity contribution is 0.511. The van der Waals surface area contributed by atoms with E-state index in [0.29, 0.717) is 0 Å². The van der Waals surface area contributed by atoms with Gasteiger partial charge in [-0.15, -0.1) is 11.3 Å². The monoisotopic (exact) mass is 364 g/mol. The standard InChI is InChI=1S/C21H24N4S/c1-20(2,3)18-7-6-17-15(24-18)12-14(26-17)13-21(4,5)19-16-8-9-23-25(16)11-10-22-19/h6-12H,13H2,1-5H3. The smallest absolute Gasteiger partial charge is 0.0882 e. The fourth-order valence-electron chi connectivity index (χ4n) is 3.38. The van der Waals surface area contributed by atoms with Crippen LogP contribution in [-0.2, 0) is 17.3 Å². The number of hydrogen-bond donors (Lipinski definition) is 0.